The number of amides is 4. The number of phenols is 2. The number of carbonyl (C=O) groups excluding carboxylic acids is 4. The van der Waals surface area contributed by atoms with Crippen LogP contribution in [0.1, 0.15) is 87.4 Å². The Morgan fingerprint density at radius 2 is 1.37 bits per heavy atom. The van der Waals surface area contributed by atoms with Gasteiger partial charge in [-0.25, -0.2) is 4.39 Å². The van der Waals surface area contributed by atoms with E-state index in [2.05, 4.69) is 11.8 Å². The normalized spacial score (nSPS) is 25.0. The molecule has 4 aliphatic rings. The molecule has 3 fully saturated rings. The van der Waals surface area contributed by atoms with Gasteiger partial charge in [0, 0.05) is 51.0 Å². The number of benzene rings is 4. The molecule has 4 heterocycles. The molecule has 3 N–H and O–H groups in total. The van der Waals surface area contributed by atoms with Crippen LogP contribution in [0.4, 0.5) is 10.1 Å². The number of likely N-dealkylation sites (tertiary alicyclic amines) is 1. The van der Waals surface area contributed by atoms with Gasteiger partial charge in [-0.3, -0.25) is 39.2 Å². The molecule has 60 heavy (non-hydrogen) atoms. The lowest BCUT2D eigenvalue weighted by molar-refractivity contribution is -0.136. The Kier molecular flexibility index (Phi) is 9.37. The fraction of sp³-hybridized carbons (Fsp3) is 0.362. The maximum absolute atomic E-state index is 16.1. The molecule has 4 aromatic rings. The van der Waals surface area contributed by atoms with Crippen molar-refractivity contribution >= 4 is 40.5 Å². The second kappa shape index (κ2) is 17.7. The Morgan fingerprint density at radius 1 is 0.783 bits per heavy atom. The Balaban J connectivity index is 0.916. The number of carbonyl (C=O) groups is 4. The van der Waals surface area contributed by atoms with Crippen LogP contribution >= 0.6 is 0 Å². The zero-order chi connectivity index (χ0) is 49.1. The maximum atomic E-state index is 16.1. The summed E-state index contributed by atoms with van der Waals surface area (Å²) in [4.78, 5) is 54.4. The van der Waals surface area contributed by atoms with Crippen LogP contribution in [0.3, 0.4) is 0 Å². The van der Waals surface area contributed by atoms with Crippen molar-refractivity contribution in [2.24, 2.45) is 5.92 Å². The number of aromatic hydroxyl groups is 2. The molecule has 0 saturated carbocycles. The monoisotopic (exact) mass is 823 g/mol. The third-order valence-corrected chi connectivity index (χ3v) is 11.3. The van der Waals surface area contributed by atoms with Crippen LogP contribution in [0.15, 0.2) is 84.9 Å². The molecule has 312 valence electrons. The molecule has 0 spiro atoms. The number of nitrogens with zero attached hydrogens (tertiary/aromatic N) is 4. The molecule has 4 amide bonds. The predicted octanol–water partition coefficient (Wildman–Crippen LogP) is 5.92. The van der Waals surface area contributed by atoms with E-state index in [1.54, 1.807) is 24.3 Å². The van der Waals surface area contributed by atoms with Gasteiger partial charge in [0.25, 0.3) is 11.8 Å². The van der Waals surface area contributed by atoms with Gasteiger partial charge >= 0.3 is 0 Å². The van der Waals surface area contributed by atoms with Crippen molar-refractivity contribution in [3.05, 3.63) is 119 Å². The summed E-state index contributed by atoms with van der Waals surface area (Å²) in [7, 11) is 0. The number of allylic oxidation sites excluding steroid dienone is 1. The van der Waals surface area contributed by atoms with E-state index in [0.717, 1.165) is 27.8 Å². The average molecular weight is 824 g/mol. The molecule has 4 aromatic carbocycles. The quantitative estimate of drug-likeness (QED) is 0.117. The summed E-state index contributed by atoms with van der Waals surface area (Å²) >= 11 is 0. The smallest absolute Gasteiger partial charge is 0.262 e. The largest absolute Gasteiger partial charge is 0.508 e. The van der Waals surface area contributed by atoms with Gasteiger partial charge in [0.05, 0.1) is 22.3 Å². The van der Waals surface area contributed by atoms with Crippen molar-refractivity contribution in [2.75, 3.05) is 63.7 Å². The third kappa shape index (κ3) is 8.64. The summed E-state index contributed by atoms with van der Waals surface area (Å²) in [6.07, 6.45) is 1.20. The number of halogens is 1. The van der Waals surface area contributed by atoms with E-state index in [9.17, 15) is 29.4 Å². The molecule has 12 nitrogen and oxygen atoms in total. The number of imide groups is 2. The highest BCUT2D eigenvalue weighted by Crippen LogP contribution is 2.37. The highest BCUT2D eigenvalue weighted by molar-refractivity contribution is 6.23. The first-order valence-electron chi connectivity index (χ1n) is 24.0. The minimum atomic E-state index is -3.46. The van der Waals surface area contributed by atoms with Crippen LogP contribution in [0.5, 0.6) is 17.2 Å². The first-order valence-corrected chi connectivity index (χ1v) is 20.0. The average Bonchev–Trinajstić information content (AvgIpc) is 3.52. The van der Waals surface area contributed by atoms with Crippen molar-refractivity contribution in [3.8, 4) is 17.2 Å². The summed E-state index contributed by atoms with van der Waals surface area (Å²) in [5.41, 5.74) is 2.76. The Hall–Kier alpha value is -6.05. The SMILES string of the molecule is [2H]C1([2H])N(CC2CCN(CCOc3ccc(C(=C(CC)c4ccc(O)cc4)c4ccc(O)cc4)cc3)CC2)C([2H])([2H])C([2H])([2H])N(c2cc3c(cc2F)C(=O)N(C2CCC(=O)NC2=O)C3=O)C1([2H])[2H]. The summed E-state index contributed by atoms with van der Waals surface area (Å²) in [6, 6.07) is 21.5. The first-order chi connectivity index (χ1) is 32.1. The first kappa shape index (κ1) is 31.8. The number of phenolic OH excluding ortho intramolecular Hbond substituents is 2. The third-order valence-electron chi connectivity index (χ3n) is 11.3. The molecule has 0 aromatic heterocycles. The van der Waals surface area contributed by atoms with Gasteiger partial charge < -0.3 is 19.8 Å². The van der Waals surface area contributed by atoms with Crippen LogP contribution in [0, 0.1) is 11.7 Å². The van der Waals surface area contributed by atoms with Gasteiger partial charge in [-0.1, -0.05) is 43.3 Å². The second-order valence-corrected chi connectivity index (χ2v) is 15.1. The summed E-state index contributed by atoms with van der Waals surface area (Å²) < 4.78 is 94.1. The van der Waals surface area contributed by atoms with E-state index in [4.69, 9.17) is 15.7 Å². The number of rotatable bonds is 12. The lowest BCUT2D eigenvalue weighted by atomic mass is 9.88. The number of fused-ring (bicyclic) bond motifs is 1. The number of ether oxygens (including phenoxy) is 1. The molecular weight excluding hydrogens is 766 g/mol. The summed E-state index contributed by atoms with van der Waals surface area (Å²) in [5.74, 6) is -4.56. The standard InChI is InChI=1S/C47H50FN5O7/c1-2-37(31-3-9-34(54)10-4-31)44(32-5-11-35(55)12-6-32)33-7-13-36(14-8-33)60-26-25-50-19-17-30(18-20-50)29-51-21-23-52(24-22-51)42-28-39-38(27-40(42)48)46(58)53(47(39)59)41-15-16-43(56)49-45(41)57/h3-14,27-28,30,41,54-55H,2,15-26,29H2,1H3,(H,49,56,57)/i21D2,22D2,23D2,24D2. The van der Waals surface area contributed by atoms with Crippen molar-refractivity contribution in [1.29, 1.82) is 0 Å². The number of piperazine rings is 1. The fourth-order valence-corrected chi connectivity index (χ4v) is 8.13. The molecule has 3 saturated heterocycles. The van der Waals surface area contributed by atoms with Gasteiger partial charge in [-0.05, 0) is 121 Å². The molecule has 8 rings (SSSR count). The topological polar surface area (TPSA) is 143 Å². The maximum Gasteiger partial charge on any atom is 0.262 e. The van der Waals surface area contributed by atoms with Crippen molar-refractivity contribution in [2.45, 2.75) is 45.1 Å². The van der Waals surface area contributed by atoms with E-state index in [1.165, 1.54) is 0 Å². The summed E-state index contributed by atoms with van der Waals surface area (Å²) in [6.45, 7) is -9.91. The van der Waals surface area contributed by atoms with E-state index in [1.807, 2.05) is 53.8 Å². The van der Waals surface area contributed by atoms with Crippen molar-refractivity contribution < 1.29 is 49.5 Å². The van der Waals surface area contributed by atoms with E-state index in [0.29, 0.717) is 73.2 Å². The molecule has 1 unspecified atom stereocenters. The molecule has 1 atom stereocenters. The highest BCUT2D eigenvalue weighted by Gasteiger charge is 2.45. The van der Waals surface area contributed by atoms with Gasteiger partial charge in [0.15, 0.2) is 0 Å². The van der Waals surface area contributed by atoms with Crippen LogP contribution in [0.2, 0.25) is 0 Å². The summed E-state index contributed by atoms with van der Waals surface area (Å²) in [5, 5.41) is 21.9. The van der Waals surface area contributed by atoms with Crippen LogP contribution in [-0.2, 0) is 9.59 Å². The van der Waals surface area contributed by atoms with E-state index >= 15 is 4.39 Å². The zero-order valence-electron chi connectivity index (χ0n) is 40.9. The van der Waals surface area contributed by atoms with E-state index < -0.39 is 78.3 Å². The van der Waals surface area contributed by atoms with Crippen LogP contribution < -0.4 is 15.0 Å². The van der Waals surface area contributed by atoms with Gasteiger partial charge in [-0.15, -0.1) is 0 Å². The molecule has 0 bridgehead atoms. The van der Waals surface area contributed by atoms with Crippen LogP contribution in [-0.4, -0.2) is 113 Å². The Bertz CT molecular complexity index is 2630. The Morgan fingerprint density at radius 3 is 1.97 bits per heavy atom. The number of hydrogen-bond donors (Lipinski definition) is 3. The Labute approximate surface area is 360 Å². The second-order valence-electron chi connectivity index (χ2n) is 15.1. The zero-order valence-corrected chi connectivity index (χ0v) is 32.9. The van der Waals surface area contributed by atoms with Gasteiger partial charge in [-0.2, -0.15) is 0 Å². The predicted molar refractivity (Wildman–Crippen MR) is 225 cm³/mol. The number of nitrogens with one attached hydrogen (secondary N) is 1. The highest BCUT2D eigenvalue weighted by atomic mass is 19.1. The van der Waals surface area contributed by atoms with E-state index in [-0.39, 0.29) is 41.7 Å². The molecular formula is C47H50FN5O7. The van der Waals surface area contributed by atoms with Crippen molar-refractivity contribution in [1.82, 2.24) is 20.0 Å². The van der Waals surface area contributed by atoms with Crippen molar-refractivity contribution in [3.63, 3.8) is 0 Å². The molecule has 0 aliphatic carbocycles. The molecule has 0 radical (unpaired) electrons. The minimum absolute atomic E-state index is 0.0141. The number of piperidine rings is 2. The molecule has 4 aliphatic heterocycles. The lowest BCUT2D eigenvalue weighted by Gasteiger charge is -2.39. The van der Waals surface area contributed by atoms with Crippen LogP contribution in [0.25, 0.3) is 11.1 Å². The lowest BCUT2D eigenvalue weighted by Crippen LogP contribution is -2.54. The van der Waals surface area contributed by atoms with Gasteiger partial charge in [0.1, 0.15) is 35.7 Å². The van der Waals surface area contributed by atoms with Gasteiger partial charge in [0.2, 0.25) is 11.8 Å². The molecule has 13 heteroatoms. The minimum Gasteiger partial charge on any atom is -0.508 e. The number of hydrogen-bond acceptors (Lipinski definition) is 10. The number of anilines is 1. The fourth-order valence-electron chi connectivity index (χ4n) is 8.13.